The Morgan fingerprint density at radius 2 is 1.55 bits per heavy atom. The molecule has 0 fully saturated rings. The lowest BCUT2D eigenvalue weighted by Crippen LogP contribution is -2.25. The Balaban J connectivity index is 2.19. The predicted molar refractivity (Wildman–Crippen MR) is 85.2 cm³/mol. The van der Waals surface area contributed by atoms with Crippen LogP contribution < -0.4 is 16.2 Å². The van der Waals surface area contributed by atoms with Gasteiger partial charge < -0.3 is 15.6 Å². The largest absolute Gasteiger partial charge is 0.326 e. The molecule has 2 rings (SSSR count). The highest BCUT2D eigenvalue weighted by Gasteiger charge is 2.14. The van der Waals surface area contributed by atoms with E-state index in [0.29, 0.717) is 22.6 Å². The van der Waals surface area contributed by atoms with Gasteiger partial charge in [0.05, 0.1) is 0 Å². The zero-order chi connectivity index (χ0) is 16.3. The lowest BCUT2D eigenvalue weighted by atomic mass is 10.1. The van der Waals surface area contributed by atoms with Crippen LogP contribution in [0.3, 0.4) is 0 Å². The van der Waals surface area contributed by atoms with Gasteiger partial charge in [-0.2, -0.15) is 0 Å². The van der Waals surface area contributed by atoms with Gasteiger partial charge in [0.1, 0.15) is 5.56 Å². The Morgan fingerprint density at radius 3 is 2.05 bits per heavy atom. The summed E-state index contributed by atoms with van der Waals surface area (Å²) in [5.41, 5.74) is 2.18. The van der Waals surface area contributed by atoms with Crippen LogP contribution in [0.25, 0.3) is 0 Å². The number of aromatic nitrogens is 1. The number of rotatable bonds is 3. The molecule has 3 N–H and O–H groups in total. The molecule has 0 spiro atoms. The monoisotopic (exact) mass is 299 g/mol. The van der Waals surface area contributed by atoms with Gasteiger partial charge in [0.15, 0.2) is 0 Å². The molecule has 2 amide bonds. The molecule has 2 aromatic rings. The molecular weight excluding hydrogens is 282 g/mol. The number of amides is 2. The van der Waals surface area contributed by atoms with Gasteiger partial charge in [0.2, 0.25) is 5.91 Å². The van der Waals surface area contributed by atoms with E-state index in [1.807, 2.05) is 0 Å². The van der Waals surface area contributed by atoms with Gasteiger partial charge in [-0.1, -0.05) is 0 Å². The molecule has 6 nitrogen and oxygen atoms in total. The SMILES string of the molecule is CC(=O)Nc1ccc(NC(=O)c2c(C)cc(C)[nH]c2=O)cc1. The van der Waals surface area contributed by atoms with E-state index in [9.17, 15) is 14.4 Å². The van der Waals surface area contributed by atoms with Gasteiger partial charge in [0, 0.05) is 24.0 Å². The van der Waals surface area contributed by atoms with Crippen molar-refractivity contribution in [3.63, 3.8) is 0 Å². The molecule has 1 aromatic carbocycles. The minimum atomic E-state index is -0.467. The normalized spacial score (nSPS) is 10.1. The summed E-state index contributed by atoms with van der Waals surface area (Å²) < 4.78 is 0. The van der Waals surface area contributed by atoms with E-state index in [-0.39, 0.29) is 11.5 Å². The summed E-state index contributed by atoms with van der Waals surface area (Å²) in [7, 11) is 0. The second kappa shape index (κ2) is 6.26. The molecule has 0 saturated heterocycles. The average molecular weight is 299 g/mol. The summed E-state index contributed by atoms with van der Waals surface area (Å²) in [6, 6.07) is 8.39. The number of aryl methyl sites for hydroxylation is 2. The van der Waals surface area contributed by atoms with Gasteiger partial charge in [-0.05, 0) is 49.7 Å². The van der Waals surface area contributed by atoms with Crippen LogP contribution >= 0.6 is 0 Å². The van der Waals surface area contributed by atoms with Gasteiger partial charge in [-0.25, -0.2) is 0 Å². The fourth-order valence-electron chi connectivity index (χ4n) is 2.17. The lowest BCUT2D eigenvalue weighted by molar-refractivity contribution is -0.114. The van der Waals surface area contributed by atoms with Crippen molar-refractivity contribution in [3.05, 3.63) is 57.5 Å². The van der Waals surface area contributed by atoms with Crippen LogP contribution in [0.4, 0.5) is 11.4 Å². The number of aromatic amines is 1. The number of nitrogens with one attached hydrogen (secondary N) is 3. The Kier molecular flexibility index (Phi) is 4.41. The molecule has 0 atom stereocenters. The molecule has 0 radical (unpaired) electrons. The van der Waals surface area contributed by atoms with E-state index in [1.165, 1.54) is 6.92 Å². The third kappa shape index (κ3) is 3.60. The summed E-state index contributed by atoms with van der Waals surface area (Å²) in [6.45, 7) is 4.90. The topological polar surface area (TPSA) is 91.1 Å². The zero-order valence-electron chi connectivity index (χ0n) is 12.6. The number of H-pyrrole nitrogens is 1. The summed E-state index contributed by atoms with van der Waals surface area (Å²) in [4.78, 5) is 37.7. The molecule has 1 heterocycles. The van der Waals surface area contributed by atoms with E-state index in [0.717, 1.165) is 0 Å². The molecule has 114 valence electrons. The van der Waals surface area contributed by atoms with Gasteiger partial charge in [-0.15, -0.1) is 0 Å². The summed E-state index contributed by atoms with van der Waals surface area (Å²) in [5.74, 6) is -0.635. The fraction of sp³-hybridized carbons (Fsp3) is 0.188. The quantitative estimate of drug-likeness (QED) is 0.811. The number of carbonyl (C=O) groups excluding carboxylic acids is 2. The first-order chi connectivity index (χ1) is 10.4. The Hall–Kier alpha value is -2.89. The molecule has 0 aliphatic heterocycles. The Bertz CT molecular complexity index is 776. The van der Waals surface area contributed by atoms with E-state index in [2.05, 4.69) is 15.6 Å². The van der Waals surface area contributed by atoms with E-state index in [4.69, 9.17) is 0 Å². The first kappa shape index (κ1) is 15.5. The minimum Gasteiger partial charge on any atom is -0.326 e. The molecule has 0 saturated carbocycles. The fourth-order valence-corrected chi connectivity index (χ4v) is 2.17. The highest BCUT2D eigenvalue weighted by molar-refractivity contribution is 6.05. The van der Waals surface area contributed by atoms with Crippen molar-refractivity contribution >= 4 is 23.2 Å². The van der Waals surface area contributed by atoms with Crippen molar-refractivity contribution in [2.45, 2.75) is 20.8 Å². The summed E-state index contributed by atoms with van der Waals surface area (Å²) >= 11 is 0. The molecule has 0 aliphatic carbocycles. The van der Waals surface area contributed by atoms with Crippen LogP contribution in [0, 0.1) is 13.8 Å². The average Bonchev–Trinajstić information content (AvgIpc) is 2.39. The van der Waals surface area contributed by atoms with Crippen LogP contribution in [-0.4, -0.2) is 16.8 Å². The molecule has 0 aliphatic rings. The van der Waals surface area contributed by atoms with Crippen LogP contribution in [0.2, 0.25) is 0 Å². The van der Waals surface area contributed by atoms with E-state index >= 15 is 0 Å². The highest BCUT2D eigenvalue weighted by atomic mass is 16.2. The number of benzene rings is 1. The summed E-state index contributed by atoms with van der Waals surface area (Å²) in [5, 5.41) is 5.30. The Morgan fingerprint density at radius 1 is 1.00 bits per heavy atom. The van der Waals surface area contributed by atoms with E-state index in [1.54, 1.807) is 44.2 Å². The second-order valence-corrected chi connectivity index (χ2v) is 5.05. The maximum atomic E-state index is 12.2. The zero-order valence-corrected chi connectivity index (χ0v) is 12.6. The van der Waals surface area contributed by atoms with Gasteiger partial charge in [-0.3, -0.25) is 14.4 Å². The van der Waals surface area contributed by atoms with Gasteiger partial charge in [0.25, 0.3) is 11.5 Å². The predicted octanol–water partition coefficient (Wildman–Crippen LogP) is 2.20. The van der Waals surface area contributed by atoms with Crippen LogP contribution in [-0.2, 0) is 4.79 Å². The van der Waals surface area contributed by atoms with Crippen LogP contribution in [0.5, 0.6) is 0 Å². The first-order valence-corrected chi connectivity index (χ1v) is 6.76. The maximum absolute atomic E-state index is 12.2. The molecule has 22 heavy (non-hydrogen) atoms. The number of hydrogen-bond acceptors (Lipinski definition) is 3. The van der Waals surface area contributed by atoms with E-state index < -0.39 is 11.5 Å². The van der Waals surface area contributed by atoms with Gasteiger partial charge >= 0.3 is 0 Å². The van der Waals surface area contributed by atoms with Crippen molar-refractivity contribution in [1.82, 2.24) is 4.98 Å². The van der Waals surface area contributed by atoms with Crippen molar-refractivity contribution in [2.75, 3.05) is 10.6 Å². The molecule has 1 aromatic heterocycles. The third-order valence-corrected chi connectivity index (χ3v) is 3.06. The Labute approximate surface area is 127 Å². The number of pyridine rings is 1. The van der Waals surface area contributed by atoms with Crippen molar-refractivity contribution < 1.29 is 9.59 Å². The first-order valence-electron chi connectivity index (χ1n) is 6.76. The molecule has 0 bridgehead atoms. The molecular formula is C16H17N3O3. The number of hydrogen-bond donors (Lipinski definition) is 3. The lowest BCUT2D eigenvalue weighted by Gasteiger charge is -2.08. The van der Waals surface area contributed by atoms with Crippen LogP contribution in [0.1, 0.15) is 28.5 Å². The van der Waals surface area contributed by atoms with Crippen molar-refractivity contribution in [1.29, 1.82) is 0 Å². The number of anilines is 2. The third-order valence-electron chi connectivity index (χ3n) is 3.06. The standard InChI is InChI=1S/C16H17N3O3/c1-9-8-10(2)17-15(21)14(9)16(22)19-13-6-4-12(5-7-13)18-11(3)20/h4-8H,1-3H3,(H,17,21)(H,18,20)(H,19,22). The highest BCUT2D eigenvalue weighted by Crippen LogP contribution is 2.15. The molecule has 0 unspecified atom stereocenters. The maximum Gasteiger partial charge on any atom is 0.261 e. The second-order valence-electron chi connectivity index (χ2n) is 5.05. The van der Waals surface area contributed by atoms with Crippen molar-refractivity contribution in [2.24, 2.45) is 0 Å². The minimum absolute atomic E-state index is 0.0940. The molecule has 6 heteroatoms. The summed E-state index contributed by atoms with van der Waals surface area (Å²) in [6.07, 6.45) is 0. The smallest absolute Gasteiger partial charge is 0.261 e. The number of carbonyl (C=O) groups is 2. The van der Waals surface area contributed by atoms with Crippen molar-refractivity contribution in [3.8, 4) is 0 Å². The van der Waals surface area contributed by atoms with Crippen LogP contribution in [0.15, 0.2) is 35.1 Å².